The van der Waals surface area contributed by atoms with Crippen LogP contribution in [0.25, 0.3) is 0 Å². The van der Waals surface area contributed by atoms with E-state index in [-0.39, 0.29) is 6.04 Å². The Morgan fingerprint density at radius 3 is 2.00 bits per heavy atom. The van der Waals surface area contributed by atoms with Gasteiger partial charge in [-0.1, -0.05) is 0 Å². The lowest BCUT2D eigenvalue weighted by Crippen LogP contribution is -2.25. The Hall–Kier alpha value is -1.46. The van der Waals surface area contributed by atoms with Crippen LogP contribution in [0.4, 0.5) is 0 Å². The van der Waals surface area contributed by atoms with Crippen LogP contribution in [0.5, 0.6) is 17.2 Å². The van der Waals surface area contributed by atoms with Crippen molar-refractivity contribution in [2.45, 2.75) is 6.04 Å². The van der Waals surface area contributed by atoms with Gasteiger partial charge in [0, 0.05) is 24.2 Å². The quantitative estimate of drug-likeness (QED) is 0.774. The maximum absolute atomic E-state index is 5.71. The van der Waals surface area contributed by atoms with Crippen LogP contribution in [0.1, 0.15) is 11.6 Å². The largest absolute Gasteiger partial charge is 0.496 e. The summed E-state index contributed by atoms with van der Waals surface area (Å²) in [6.07, 6.45) is 0. The van der Waals surface area contributed by atoms with Crippen molar-refractivity contribution in [2.75, 3.05) is 34.9 Å². The Morgan fingerprint density at radius 1 is 1.06 bits per heavy atom. The molecule has 1 aromatic carbocycles. The molecule has 1 unspecified atom stereocenters. The molecule has 0 heterocycles. The molecule has 1 atom stereocenters. The molecular weight excluding hydrogens is 220 g/mol. The van der Waals surface area contributed by atoms with Crippen LogP contribution in [0.2, 0.25) is 0 Å². The summed E-state index contributed by atoms with van der Waals surface area (Å²) in [5.74, 6) is 2.03. The third kappa shape index (κ3) is 2.81. The fourth-order valence-electron chi connectivity index (χ4n) is 1.73. The second-order valence-electron chi connectivity index (χ2n) is 3.53. The molecule has 0 amide bonds. The maximum atomic E-state index is 5.71. The number of rotatable bonds is 6. The van der Waals surface area contributed by atoms with Crippen molar-refractivity contribution in [3.63, 3.8) is 0 Å². The molecule has 5 nitrogen and oxygen atoms in total. The fourth-order valence-corrected chi connectivity index (χ4v) is 1.73. The lowest BCUT2D eigenvalue weighted by atomic mass is 10.0. The molecule has 17 heavy (non-hydrogen) atoms. The molecule has 5 heteroatoms. The predicted octanol–water partition coefficient (Wildman–Crippen LogP) is 0.932. The first-order chi connectivity index (χ1) is 8.21. The Balaban J connectivity index is 3.27. The van der Waals surface area contributed by atoms with Gasteiger partial charge in [0.15, 0.2) is 11.5 Å². The van der Waals surface area contributed by atoms with Crippen molar-refractivity contribution in [1.82, 2.24) is 5.32 Å². The van der Waals surface area contributed by atoms with Crippen LogP contribution in [-0.2, 0) is 0 Å². The summed E-state index contributed by atoms with van der Waals surface area (Å²) in [6.45, 7) is 0.475. The van der Waals surface area contributed by atoms with Crippen molar-refractivity contribution in [2.24, 2.45) is 5.73 Å². The van der Waals surface area contributed by atoms with E-state index in [4.69, 9.17) is 19.9 Å². The first-order valence-corrected chi connectivity index (χ1v) is 5.39. The number of ether oxygens (including phenoxy) is 3. The zero-order valence-electron chi connectivity index (χ0n) is 10.7. The minimum atomic E-state index is 0.0183. The van der Waals surface area contributed by atoms with Gasteiger partial charge in [-0.05, 0) is 13.1 Å². The molecule has 0 aliphatic carbocycles. The second kappa shape index (κ2) is 6.32. The van der Waals surface area contributed by atoms with Crippen LogP contribution in [0.15, 0.2) is 12.1 Å². The van der Waals surface area contributed by atoms with Gasteiger partial charge in [-0.15, -0.1) is 0 Å². The highest BCUT2D eigenvalue weighted by atomic mass is 16.5. The topological polar surface area (TPSA) is 65.7 Å². The van der Waals surface area contributed by atoms with Gasteiger partial charge >= 0.3 is 0 Å². The number of nitrogens with two attached hydrogens (primary N) is 1. The number of hydrogen-bond acceptors (Lipinski definition) is 5. The highest BCUT2D eigenvalue weighted by Gasteiger charge is 2.17. The summed E-state index contributed by atoms with van der Waals surface area (Å²) in [6, 6.07) is 3.70. The number of nitrogens with one attached hydrogen (secondary N) is 1. The van der Waals surface area contributed by atoms with Crippen LogP contribution in [0, 0.1) is 0 Å². The average molecular weight is 240 g/mol. The molecule has 0 aliphatic rings. The number of benzene rings is 1. The van der Waals surface area contributed by atoms with Crippen molar-refractivity contribution < 1.29 is 14.2 Å². The minimum absolute atomic E-state index is 0.0183. The third-order valence-corrected chi connectivity index (χ3v) is 2.70. The number of hydrogen-bond donors (Lipinski definition) is 2. The number of likely N-dealkylation sites (N-methyl/N-ethyl adjacent to an activating group) is 1. The summed E-state index contributed by atoms with van der Waals surface area (Å²) < 4.78 is 15.8. The zero-order chi connectivity index (χ0) is 12.8. The van der Waals surface area contributed by atoms with E-state index in [9.17, 15) is 0 Å². The summed E-state index contributed by atoms with van der Waals surface area (Å²) in [7, 11) is 6.67. The van der Waals surface area contributed by atoms with Crippen molar-refractivity contribution in [3.05, 3.63) is 17.7 Å². The molecule has 1 aromatic rings. The Kier molecular flexibility index (Phi) is 5.06. The van der Waals surface area contributed by atoms with Crippen LogP contribution < -0.4 is 25.3 Å². The van der Waals surface area contributed by atoms with Gasteiger partial charge < -0.3 is 25.3 Å². The lowest BCUT2D eigenvalue weighted by molar-refractivity contribution is 0.345. The van der Waals surface area contributed by atoms with Gasteiger partial charge in [0.1, 0.15) is 5.75 Å². The van der Waals surface area contributed by atoms with Crippen LogP contribution in [-0.4, -0.2) is 34.9 Å². The van der Waals surface area contributed by atoms with E-state index in [0.717, 1.165) is 11.3 Å². The zero-order valence-corrected chi connectivity index (χ0v) is 10.7. The molecule has 3 N–H and O–H groups in total. The summed E-state index contributed by atoms with van der Waals surface area (Å²) in [4.78, 5) is 0. The van der Waals surface area contributed by atoms with E-state index < -0.39 is 0 Å². The van der Waals surface area contributed by atoms with Gasteiger partial charge in [0.25, 0.3) is 0 Å². The standard InChI is InChI=1S/C12H20N2O3/c1-14-9(7-13)8-5-11(16-3)12(17-4)6-10(8)15-2/h5-6,9,14H,7,13H2,1-4H3. The molecular formula is C12H20N2O3. The van der Waals surface area contributed by atoms with E-state index in [1.807, 2.05) is 13.1 Å². The third-order valence-electron chi connectivity index (χ3n) is 2.70. The van der Waals surface area contributed by atoms with Gasteiger partial charge in [-0.2, -0.15) is 0 Å². The van der Waals surface area contributed by atoms with Crippen LogP contribution >= 0.6 is 0 Å². The van der Waals surface area contributed by atoms with Gasteiger partial charge in [-0.25, -0.2) is 0 Å². The van der Waals surface area contributed by atoms with E-state index in [1.54, 1.807) is 27.4 Å². The molecule has 0 aromatic heterocycles. The Labute approximate surface area is 102 Å². The molecule has 0 spiro atoms. The maximum Gasteiger partial charge on any atom is 0.164 e. The molecule has 0 radical (unpaired) electrons. The minimum Gasteiger partial charge on any atom is -0.496 e. The summed E-state index contributed by atoms with van der Waals surface area (Å²) in [5.41, 5.74) is 6.66. The van der Waals surface area contributed by atoms with E-state index in [0.29, 0.717) is 18.0 Å². The van der Waals surface area contributed by atoms with Crippen molar-refractivity contribution in [1.29, 1.82) is 0 Å². The first-order valence-electron chi connectivity index (χ1n) is 5.39. The SMILES string of the molecule is CNC(CN)c1cc(OC)c(OC)cc1OC. The fraction of sp³-hybridized carbons (Fsp3) is 0.500. The van der Waals surface area contributed by atoms with Crippen molar-refractivity contribution in [3.8, 4) is 17.2 Å². The number of methoxy groups -OCH3 is 3. The van der Waals surface area contributed by atoms with Crippen LogP contribution in [0.3, 0.4) is 0 Å². The summed E-state index contributed by atoms with van der Waals surface area (Å²) in [5, 5.41) is 3.13. The van der Waals surface area contributed by atoms with E-state index in [2.05, 4.69) is 5.32 Å². The van der Waals surface area contributed by atoms with Crippen molar-refractivity contribution >= 4 is 0 Å². The Bertz CT molecular complexity index is 365. The molecule has 1 rings (SSSR count). The molecule has 0 aliphatic heterocycles. The highest BCUT2D eigenvalue weighted by molar-refractivity contribution is 5.51. The molecule has 0 fully saturated rings. The average Bonchev–Trinajstić information content (AvgIpc) is 2.39. The van der Waals surface area contributed by atoms with Gasteiger partial charge in [0.2, 0.25) is 0 Å². The molecule has 0 saturated carbocycles. The van der Waals surface area contributed by atoms with E-state index >= 15 is 0 Å². The highest BCUT2D eigenvalue weighted by Crippen LogP contribution is 2.37. The molecule has 96 valence electrons. The predicted molar refractivity (Wildman–Crippen MR) is 67.0 cm³/mol. The second-order valence-corrected chi connectivity index (χ2v) is 3.53. The molecule has 0 bridgehead atoms. The smallest absolute Gasteiger partial charge is 0.164 e. The summed E-state index contributed by atoms with van der Waals surface area (Å²) >= 11 is 0. The normalized spacial score (nSPS) is 12.1. The first kappa shape index (κ1) is 13.6. The Morgan fingerprint density at radius 2 is 1.59 bits per heavy atom. The molecule has 0 saturated heterocycles. The van der Waals surface area contributed by atoms with E-state index in [1.165, 1.54) is 0 Å². The lowest BCUT2D eigenvalue weighted by Gasteiger charge is -2.20. The van der Waals surface area contributed by atoms with Gasteiger partial charge in [0.05, 0.1) is 21.3 Å². The van der Waals surface area contributed by atoms with Gasteiger partial charge in [-0.3, -0.25) is 0 Å². The monoisotopic (exact) mass is 240 g/mol.